The molecule has 1 saturated heterocycles. The molecule has 0 bridgehead atoms. The van der Waals surface area contributed by atoms with Crippen LogP contribution in [0, 0.1) is 6.92 Å². The molecule has 0 spiro atoms. The molecule has 4 rings (SSSR count). The normalized spacial score (nSPS) is 13.5. The van der Waals surface area contributed by atoms with E-state index in [1.165, 1.54) is 5.56 Å². The maximum Gasteiger partial charge on any atom is 0.227 e. The molecule has 1 aromatic heterocycles. The maximum absolute atomic E-state index is 12.4. The third kappa shape index (κ3) is 4.77. The van der Waals surface area contributed by atoms with Gasteiger partial charge in [-0.1, -0.05) is 29.8 Å². The highest BCUT2D eigenvalue weighted by Gasteiger charge is 2.24. The van der Waals surface area contributed by atoms with Crippen LogP contribution < -0.4 is 15.0 Å². The van der Waals surface area contributed by atoms with Gasteiger partial charge in [-0.05, 0) is 25.5 Å². The zero-order chi connectivity index (χ0) is 21.8. The maximum atomic E-state index is 12.4. The predicted octanol–water partition coefficient (Wildman–Crippen LogP) is 4.36. The van der Waals surface area contributed by atoms with Crippen molar-refractivity contribution in [3.8, 4) is 17.1 Å². The second-order valence-corrected chi connectivity index (χ2v) is 7.57. The summed E-state index contributed by atoms with van der Waals surface area (Å²) >= 11 is 0. The number of benzene rings is 2. The molecule has 0 saturated carbocycles. The summed E-state index contributed by atoms with van der Waals surface area (Å²) in [5.74, 6) is 1.70. The lowest BCUT2D eigenvalue weighted by molar-refractivity contribution is -0.117. The predicted molar refractivity (Wildman–Crippen MR) is 118 cm³/mol. The molecule has 2 amide bonds. The van der Waals surface area contributed by atoms with Crippen LogP contribution in [0.1, 0.15) is 30.7 Å². The molecule has 7 nitrogen and oxygen atoms in total. The third-order valence-electron chi connectivity index (χ3n) is 5.28. The van der Waals surface area contributed by atoms with E-state index in [-0.39, 0.29) is 18.2 Å². The van der Waals surface area contributed by atoms with Gasteiger partial charge in [0.15, 0.2) is 11.7 Å². The Morgan fingerprint density at radius 1 is 1.23 bits per heavy atom. The summed E-state index contributed by atoms with van der Waals surface area (Å²) in [4.78, 5) is 30.4. The van der Waals surface area contributed by atoms with Crippen molar-refractivity contribution in [3.05, 3.63) is 60.1 Å². The SMILES string of the molecule is COc1cc(NC(=O)CCc2ncc(-c3ccc(C)cc3)o2)ccc1N1CCCC1=O. The first-order valence-electron chi connectivity index (χ1n) is 10.3. The molecule has 2 aromatic carbocycles. The summed E-state index contributed by atoms with van der Waals surface area (Å²) in [5.41, 5.74) is 3.48. The summed E-state index contributed by atoms with van der Waals surface area (Å²) < 4.78 is 11.2. The number of rotatable bonds is 7. The van der Waals surface area contributed by atoms with Gasteiger partial charge in [-0.25, -0.2) is 4.98 Å². The van der Waals surface area contributed by atoms with Crippen LogP contribution in [-0.2, 0) is 16.0 Å². The molecule has 31 heavy (non-hydrogen) atoms. The molecule has 1 aliphatic rings. The molecule has 0 radical (unpaired) electrons. The first kappa shape index (κ1) is 20.7. The van der Waals surface area contributed by atoms with Gasteiger partial charge in [-0.15, -0.1) is 0 Å². The first-order valence-corrected chi connectivity index (χ1v) is 10.3. The number of ether oxygens (including phenoxy) is 1. The summed E-state index contributed by atoms with van der Waals surface area (Å²) in [5, 5.41) is 2.87. The number of amides is 2. The van der Waals surface area contributed by atoms with Gasteiger partial charge in [0.05, 0.1) is 19.0 Å². The number of oxazole rings is 1. The van der Waals surface area contributed by atoms with Crippen molar-refractivity contribution < 1.29 is 18.7 Å². The Kier molecular flexibility index (Phi) is 6.02. The smallest absolute Gasteiger partial charge is 0.227 e. The highest BCUT2D eigenvalue weighted by molar-refractivity contribution is 5.98. The fraction of sp³-hybridized carbons (Fsp3) is 0.292. The van der Waals surface area contributed by atoms with E-state index >= 15 is 0 Å². The topological polar surface area (TPSA) is 84.7 Å². The quantitative estimate of drug-likeness (QED) is 0.615. The van der Waals surface area contributed by atoms with Crippen LogP contribution >= 0.6 is 0 Å². The van der Waals surface area contributed by atoms with Crippen LogP contribution in [0.4, 0.5) is 11.4 Å². The fourth-order valence-electron chi connectivity index (χ4n) is 3.60. The van der Waals surface area contributed by atoms with Crippen molar-refractivity contribution >= 4 is 23.2 Å². The van der Waals surface area contributed by atoms with Crippen LogP contribution in [0.15, 0.2) is 53.1 Å². The Bertz CT molecular complexity index is 1090. The summed E-state index contributed by atoms with van der Waals surface area (Å²) in [6.07, 6.45) is 3.71. The second-order valence-electron chi connectivity index (χ2n) is 7.57. The number of hydrogen-bond acceptors (Lipinski definition) is 5. The second kappa shape index (κ2) is 9.04. The minimum absolute atomic E-state index is 0.0889. The number of carbonyl (C=O) groups excluding carboxylic acids is 2. The molecule has 160 valence electrons. The molecule has 3 aromatic rings. The molecule has 0 aliphatic carbocycles. The lowest BCUT2D eigenvalue weighted by Crippen LogP contribution is -2.24. The Labute approximate surface area is 181 Å². The molecule has 1 fully saturated rings. The lowest BCUT2D eigenvalue weighted by atomic mass is 10.1. The van der Waals surface area contributed by atoms with Crippen LogP contribution in [0.3, 0.4) is 0 Å². The van der Waals surface area contributed by atoms with Crippen LogP contribution in [0.2, 0.25) is 0 Å². The number of methoxy groups -OCH3 is 1. The molecular formula is C24H25N3O4. The Morgan fingerprint density at radius 3 is 2.74 bits per heavy atom. The first-order chi connectivity index (χ1) is 15.0. The third-order valence-corrected chi connectivity index (χ3v) is 5.28. The molecule has 7 heteroatoms. The number of nitrogens with zero attached hydrogens (tertiary/aromatic N) is 2. The van der Waals surface area contributed by atoms with E-state index in [2.05, 4.69) is 10.3 Å². The Morgan fingerprint density at radius 2 is 2.03 bits per heavy atom. The largest absolute Gasteiger partial charge is 0.494 e. The standard InChI is InChI=1S/C24H25N3O4/c1-16-5-7-17(8-6-16)21-15-25-23(31-21)12-11-22(28)26-18-9-10-19(20(14-18)30-2)27-13-3-4-24(27)29/h5-10,14-15H,3-4,11-13H2,1-2H3,(H,26,28). The molecule has 0 unspecified atom stereocenters. The molecule has 1 aliphatic heterocycles. The van der Waals surface area contributed by atoms with Crippen LogP contribution in [-0.4, -0.2) is 30.5 Å². The van der Waals surface area contributed by atoms with E-state index in [9.17, 15) is 9.59 Å². The summed E-state index contributed by atoms with van der Waals surface area (Å²) in [6, 6.07) is 13.3. The number of aryl methyl sites for hydroxylation is 2. The van der Waals surface area contributed by atoms with Gasteiger partial charge < -0.3 is 19.4 Å². The van der Waals surface area contributed by atoms with Gasteiger partial charge in [0.25, 0.3) is 0 Å². The van der Waals surface area contributed by atoms with Gasteiger partial charge in [0.1, 0.15) is 5.75 Å². The minimum atomic E-state index is -0.151. The minimum Gasteiger partial charge on any atom is -0.494 e. The lowest BCUT2D eigenvalue weighted by Gasteiger charge is -2.19. The van der Waals surface area contributed by atoms with Crippen molar-refractivity contribution in [1.82, 2.24) is 4.98 Å². The van der Waals surface area contributed by atoms with E-state index in [4.69, 9.17) is 9.15 Å². The van der Waals surface area contributed by atoms with E-state index in [0.29, 0.717) is 42.5 Å². The van der Waals surface area contributed by atoms with Gasteiger partial charge in [0, 0.05) is 43.1 Å². The summed E-state index contributed by atoms with van der Waals surface area (Å²) in [7, 11) is 1.55. The van der Waals surface area contributed by atoms with Gasteiger partial charge >= 0.3 is 0 Å². The number of aromatic nitrogens is 1. The van der Waals surface area contributed by atoms with E-state index in [0.717, 1.165) is 17.7 Å². The zero-order valence-electron chi connectivity index (χ0n) is 17.7. The molecule has 0 atom stereocenters. The average molecular weight is 419 g/mol. The van der Waals surface area contributed by atoms with E-state index < -0.39 is 0 Å². The molecular weight excluding hydrogens is 394 g/mol. The summed E-state index contributed by atoms with van der Waals surface area (Å²) in [6.45, 7) is 2.71. The zero-order valence-corrected chi connectivity index (χ0v) is 17.7. The number of nitrogens with one attached hydrogen (secondary N) is 1. The van der Waals surface area contributed by atoms with E-state index in [1.54, 1.807) is 36.4 Å². The highest BCUT2D eigenvalue weighted by Crippen LogP contribution is 2.34. The van der Waals surface area contributed by atoms with Crippen molar-refractivity contribution in [3.63, 3.8) is 0 Å². The Balaban J connectivity index is 1.36. The highest BCUT2D eigenvalue weighted by atomic mass is 16.5. The Hall–Kier alpha value is -3.61. The van der Waals surface area contributed by atoms with Gasteiger partial charge in [-0.2, -0.15) is 0 Å². The molecule has 2 heterocycles. The fourth-order valence-corrected chi connectivity index (χ4v) is 3.60. The molecule has 1 N–H and O–H groups in total. The van der Waals surface area contributed by atoms with Crippen molar-refractivity contribution in [2.45, 2.75) is 32.6 Å². The van der Waals surface area contributed by atoms with Gasteiger partial charge in [0.2, 0.25) is 11.8 Å². The van der Waals surface area contributed by atoms with Crippen molar-refractivity contribution in [2.24, 2.45) is 0 Å². The van der Waals surface area contributed by atoms with Crippen LogP contribution in [0.5, 0.6) is 5.75 Å². The van der Waals surface area contributed by atoms with Crippen LogP contribution in [0.25, 0.3) is 11.3 Å². The number of hydrogen-bond donors (Lipinski definition) is 1. The number of carbonyl (C=O) groups is 2. The monoisotopic (exact) mass is 419 g/mol. The number of anilines is 2. The van der Waals surface area contributed by atoms with Gasteiger partial charge in [-0.3, -0.25) is 9.59 Å². The van der Waals surface area contributed by atoms with Crippen molar-refractivity contribution in [2.75, 3.05) is 23.9 Å². The van der Waals surface area contributed by atoms with E-state index in [1.807, 2.05) is 31.2 Å². The van der Waals surface area contributed by atoms with Crippen molar-refractivity contribution in [1.29, 1.82) is 0 Å². The average Bonchev–Trinajstić information content (AvgIpc) is 3.42.